The van der Waals surface area contributed by atoms with Crippen molar-refractivity contribution in [3.05, 3.63) is 12.2 Å². The van der Waals surface area contributed by atoms with E-state index in [-0.39, 0.29) is 30.4 Å². The summed E-state index contributed by atoms with van der Waals surface area (Å²) in [6.45, 7) is 17.0. The average Bonchev–Trinajstić information content (AvgIpc) is 3.86. The topological polar surface area (TPSA) is 177 Å². The highest BCUT2D eigenvalue weighted by Crippen LogP contribution is 2.36. The molecule has 1 heterocycles. The molecule has 0 aromatic heterocycles. The van der Waals surface area contributed by atoms with Crippen molar-refractivity contribution < 1.29 is 33.5 Å². The van der Waals surface area contributed by atoms with Crippen LogP contribution in [0.5, 0.6) is 0 Å². The number of likely N-dealkylation sites (tertiary alicyclic amines) is 1. The highest BCUT2D eigenvalue weighted by molar-refractivity contribution is 6.37. The minimum absolute atomic E-state index is 0.190. The van der Waals surface area contributed by atoms with E-state index in [9.17, 15) is 28.8 Å². The SMILES string of the molecule is C=C(C)[C@H](NC(=O)N[C@H](C(=O)N1CC[C@H](CC(C)C)[C@H]1C(=O)NC(CC1CC1)C(=O)C(N)=O)C(C)(C)C)C(=O)OC(C)C1CC1. The third-order valence-corrected chi connectivity index (χ3v) is 8.97. The summed E-state index contributed by atoms with van der Waals surface area (Å²) in [6.07, 6.45) is 5.07. The van der Waals surface area contributed by atoms with Gasteiger partial charge in [-0.15, -0.1) is 0 Å². The molecule has 3 rings (SSSR count). The zero-order valence-electron chi connectivity index (χ0n) is 27.9. The van der Waals surface area contributed by atoms with Gasteiger partial charge in [0.05, 0.1) is 6.04 Å². The second kappa shape index (κ2) is 14.8. The van der Waals surface area contributed by atoms with E-state index >= 15 is 0 Å². The molecule has 0 radical (unpaired) electrons. The van der Waals surface area contributed by atoms with E-state index in [1.165, 1.54) is 4.90 Å². The van der Waals surface area contributed by atoms with Gasteiger partial charge in [0.15, 0.2) is 0 Å². The molecule has 252 valence electrons. The van der Waals surface area contributed by atoms with E-state index in [2.05, 4.69) is 22.5 Å². The molecule has 2 saturated carbocycles. The molecule has 0 bridgehead atoms. The van der Waals surface area contributed by atoms with Gasteiger partial charge in [0.1, 0.15) is 24.2 Å². The number of carbonyl (C=O) groups excluding carboxylic acids is 6. The van der Waals surface area contributed by atoms with Crippen molar-refractivity contribution in [1.82, 2.24) is 20.9 Å². The summed E-state index contributed by atoms with van der Waals surface area (Å²) in [5.74, 6) is -2.95. The molecule has 3 fully saturated rings. The van der Waals surface area contributed by atoms with E-state index in [0.29, 0.717) is 30.8 Å². The van der Waals surface area contributed by atoms with Crippen LogP contribution in [0.15, 0.2) is 12.2 Å². The van der Waals surface area contributed by atoms with E-state index in [1.807, 2.05) is 20.8 Å². The first-order valence-electron chi connectivity index (χ1n) is 16.3. The molecule has 2 unspecified atom stereocenters. The Balaban J connectivity index is 1.80. The lowest BCUT2D eigenvalue weighted by atomic mass is 9.85. The molecule has 3 aliphatic rings. The Kier molecular flexibility index (Phi) is 11.8. The van der Waals surface area contributed by atoms with Crippen molar-refractivity contribution in [2.24, 2.45) is 34.8 Å². The lowest BCUT2D eigenvalue weighted by molar-refractivity contribution is -0.150. The maximum Gasteiger partial charge on any atom is 0.333 e. The van der Waals surface area contributed by atoms with Crippen LogP contribution in [0, 0.1) is 29.1 Å². The molecule has 12 heteroatoms. The van der Waals surface area contributed by atoms with Gasteiger partial charge in [0.2, 0.25) is 17.6 Å². The second-order valence-corrected chi connectivity index (χ2v) is 14.8. The first-order chi connectivity index (χ1) is 20.9. The number of ether oxygens (including phenoxy) is 1. The van der Waals surface area contributed by atoms with E-state index in [0.717, 1.165) is 25.7 Å². The first-order valence-corrected chi connectivity index (χ1v) is 16.3. The number of urea groups is 1. The van der Waals surface area contributed by atoms with E-state index in [4.69, 9.17) is 10.5 Å². The van der Waals surface area contributed by atoms with Gasteiger partial charge in [-0.05, 0) is 80.6 Å². The largest absolute Gasteiger partial charge is 0.461 e. The number of nitrogens with two attached hydrogens (primary N) is 1. The highest BCUT2D eigenvalue weighted by atomic mass is 16.5. The second-order valence-electron chi connectivity index (χ2n) is 14.8. The van der Waals surface area contributed by atoms with Crippen LogP contribution in [0.2, 0.25) is 0 Å². The van der Waals surface area contributed by atoms with Crippen LogP contribution in [0.4, 0.5) is 4.79 Å². The zero-order chi connectivity index (χ0) is 33.8. The van der Waals surface area contributed by atoms with Crippen LogP contribution >= 0.6 is 0 Å². The number of rotatable bonds is 15. The van der Waals surface area contributed by atoms with E-state index < -0.39 is 65.1 Å². The average molecular weight is 632 g/mol. The summed E-state index contributed by atoms with van der Waals surface area (Å²) in [7, 11) is 0. The molecule has 45 heavy (non-hydrogen) atoms. The van der Waals surface area contributed by atoms with Crippen LogP contribution in [0.1, 0.15) is 93.4 Å². The van der Waals surface area contributed by atoms with Crippen molar-refractivity contribution in [3.63, 3.8) is 0 Å². The summed E-state index contributed by atoms with van der Waals surface area (Å²) >= 11 is 0. The number of hydrogen-bond acceptors (Lipinski definition) is 7. The van der Waals surface area contributed by atoms with Crippen molar-refractivity contribution in [2.45, 2.75) is 124 Å². The number of nitrogens with one attached hydrogen (secondary N) is 3. The minimum Gasteiger partial charge on any atom is -0.461 e. The van der Waals surface area contributed by atoms with Gasteiger partial charge in [-0.1, -0.05) is 54.0 Å². The molecular formula is C33H53N5O7. The molecule has 5 amide bonds. The third kappa shape index (κ3) is 10.0. The third-order valence-electron chi connectivity index (χ3n) is 8.97. The van der Waals surface area contributed by atoms with Gasteiger partial charge in [0.25, 0.3) is 5.91 Å². The molecule has 12 nitrogen and oxygen atoms in total. The zero-order valence-corrected chi connectivity index (χ0v) is 27.9. The molecule has 5 N–H and O–H groups in total. The molecule has 1 aliphatic heterocycles. The molecule has 0 spiro atoms. The van der Waals surface area contributed by atoms with Crippen molar-refractivity contribution >= 4 is 35.5 Å². The van der Waals surface area contributed by atoms with Crippen molar-refractivity contribution in [3.8, 4) is 0 Å². The standard InChI is InChI=1S/C33H53N5O7/c1-17(2)15-22-13-14-38(25(22)29(41)35-23(16-20-9-10-20)26(39)28(34)40)30(42)27(33(6,7)8)37-32(44)36-24(18(3)4)31(43)45-19(5)21-11-12-21/h17,19-25,27H,3,9-16H2,1-2,4-8H3,(H2,34,40)(H,35,41)(H2,36,37,44)/t19?,22-,23?,24+,25+,27-/m1/s1. The summed E-state index contributed by atoms with van der Waals surface area (Å²) in [4.78, 5) is 80.1. The Morgan fingerprint density at radius 3 is 2.04 bits per heavy atom. The molecule has 2 aliphatic carbocycles. The first kappa shape index (κ1) is 36.0. The van der Waals surface area contributed by atoms with Gasteiger partial charge in [-0.25, -0.2) is 9.59 Å². The Morgan fingerprint density at radius 2 is 1.56 bits per heavy atom. The molecule has 1 saturated heterocycles. The molecule has 0 aromatic carbocycles. The molecule has 0 aromatic rings. The Morgan fingerprint density at radius 1 is 0.933 bits per heavy atom. The number of hydrogen-bond donors (Lipinski definition) is 4. The van der Waals surface area contributed by atoms with Crippen LogP contribution in [-0.4, -0.2) is 77.2 Å². The van der Waals surface area contributed by atoms with Gasteiger partial charge in [-0.2, -0.15) is 0 Å². The monoisotopic (exact) mass is 631 g/mol. The minimum atomic E-state index is -1.11. The fraction of sp³-hybridized carbons (Fsp3) is 0.758. The number of nitrogens with zero attached hydrogens (tertiary/aromatic N) is 1. The summed E-state index contributed by atoms with van der Waals surface area (Å²) < 4.78 is 5.56. The highest BCUT2D eigenvalue weighted by Gasteiger charge is 2.47. The number of amides is 5. The number of esters is 1. The smallest absolute Gasteiger partial charge is 0.333 e. The summed E-state index contributed by atoms with van der Waals surface area (Å²) in [5.41, 5.74) is 4.90. The maximum absolute atomic E-state index is 14.2. The van der Waals surface area contributed by atoms with Crippen LogP contribution in [0.25, 0.3) is 0 Å². The van der Waals surface area contributed by atoms with Crippen LogP contribution in [-0.2, 0) is 28.7 Å². The van der Waals surface area contributed by atoms with Crippen LogP contribution in [0.3, 0.4) is 0 Å². The number of carbonyl (C=O) groups is 6. The van der Waals surface area contributed by atoms with Crippen LogP contribution < -0.4 is 21.7 Å². The van der Waals surface area contributed by atoms with Gasteiger partial charge >= 0.3 is 12.0 Å². The quantitative estimate of drug-likeness (QED) is 0.122. The van der Waals surface area contributed by atoms with Gasteiger partial charge in [0, 0.05) is 6.54 Å². The number of ketones is 1. The summed E-state index contributed by atoms with van der Waals surface area (Å²) in [5, 5.41) is 8.12. The summed E-state index contributed by atoms with van der Waals surface area (Å²) in [6, 6.07) is -4.87. The predicted molar refractivity (Wildman–Crippen MR) is 168 cm³/mol. The Labute approximate surface area is 267 Å². The number of primary amides is 1. The van der Waals surface area contributed by atoms with Gasteiger partial charge < -0.3 is 31.3 Å². The maximum atomic E-state index is 14.2. The lowest BCUT2D eigenvalue weighted by Gasteiger charge is -2.37. The Hall–Kier alpha value is -3.44. The van der Waals surface area contributed by atoms with Crippen molar-refractivity contribution in [2.75, 3.05) is 6.54 Å². The van der Waals surface area contributed by atoms with Crippen molar-refractivity contribution in [1.29, 1.82) is 0 Å². The lowest BCUT2D eigenvalue weighted by Crippen LogP contribution is -2.61. The fourth-order valence-electron chi connectivity index (χ4n) is 6.07. The Bertz CT molecular complexity index is 1170. The van der Waals surface area contributed by atoms with Gasteiger partial charge in [-0.3, -0.25) is 19.2 Å². The normalized spacial score (nSPS) is 22.5. The fourth-order valence-corrected chi connectivity index (χ4v) is 6.07. The predicted octanol–water partition coefficient (Wildman–Crippen LogP) is 2.59. The molecular weight excluding hydrogens is 578 g/mol. The van der Waals surface area contributed by atoms with E-state index in [1.54, 1.807) is 27.7 Å². The number of Topliss-reactive ketones (excluding diaryl/α,β-unsaturated/α-hetero) is 1. The molecule has 6 atom stereocenters.